The largest absolute Gasteiger partial charge is 0.322 e. The number of hydrogen-bond donors (Lipinski definition) is 1. The molecule has 0 unspecified atom stereocenters. The lowest BCUT2D eigenvalue weighted by Crippen LogP contribution is -2.12. The van der Waals surface area contributed by atoms with Crippen molar-refractivity contribution in [2.45, 2.75) is 5.75 Å². The van der Waals surface area contributed by atoms with E-state index in [0.29, 0.717) is 21.3 Å². The van der Waals surface area contributed by atoms with Crippen LogP contribution in [0.5, 0.6) is 0 Å². The minimum absolute atomic E-state index is 0.269. The van der Waals surface area contributed by atoms with Crippen LogP contribution < -0.4 is 5.32 Å². The van der Waals surface area contributed by atoms with E-state index in [0.717, 1.165) is 33.3 Å². The molecule has 1 N–H and O–H groups in total. The second-order valence-corrected chi connectivity index (χ2v) is 8.46. The summed E-state index contributed by atoms with van der Waals surface area (Å²) in [6.45, 7) is 0. The first-order chi connectivity index (χ1) is 14.6. The molecule has 0 aliphatic carbocycles. The molecule has 0 radical (unpaired) electrons. The molecule has 3 aromatic carbocycles. The highest BCUT2D eigenvalue weighted by molar-refractivity contribution is 7.97. The monoisotopic (exact) mass is 452 g/mol. The van der Waals surface area contributed by atoms with E-state index in [1.807, 2.05) is 54.8 Å². The van der Waals surface area contributed by atoms with E-state index in [2.05, 4.69) is 10.3 Å². The summed E-state index contributed by atoms with van der Waals surface area (Å²) in [5, 5.41) is 5.99. The van der Waals surface area contributed by atoms with Crippen LogP contribution in [0.15, 0.2) is 72.9 Å². The van der Waals surface area contributed by atoms with Crippen molar-refractivity contribution in [2.24, 2.45) is 0 Å². The number of hydrogen-bond acceptors (Lipinski definition) is 3. The third kappa shape index (κ3) is 4.31. The summed E-state index contributed by atoms with van der Waals surface area (Å²) < 4.78 is 0. The highest BCUT2D eigenvalue weighted by Gasteiger charge is 2.14. The summed E-state index contributed by atoms with van der Waals surface area (Å²) in [6.07, 6.45) is 3.78. The molecule has 1 amide bonds. The van der Waals surface area contributed by atoms with Crippen molar-refractivity contribution in [3.05, 3.63) is 94.1 Å². The number of amides is 1. The minimum atomic E-state index is -0.269. The Balaban J connectivity index is 1.66. The summed E-state index contributed by atoms with van der Waals surface area (Å²) in [7, 11) is 0. The van der Waals surface area contributed by atoms with Crippen LogP contribution in [0.2, 0.25) is 10.0 Å². The van der Waals surface area contributed by atoms with Gasteiger partial charge in [-0.05, 0) is 53.6 Å². The number of carbonyl (C=O) groups is 1. The van der Waals surface area contributed by atoms with Gasteiger partial charge in [-0.2, -0.15) is 11.8 Å². The van der Waals surface area contributed by atoms with Crippen LogP contribution in [0.1, 0.15) is 15.9 Å². The van der Waals surface area contributed by atoms with Crippen LogP contribution in [0.25, 0.3) is 22.0 Å². The van der Waals surface area contributed by atoms with Crippen molar-refractivity contribution in [1.29, 1.82) is 0 Å². The molecule has 0 spiro atoms. The van der Waals surface area contributed by atoms with Gasteiger partial charge in [-0.15, -0.1) is 0 Å². The molecule has 1 aromatic heterocycles. The number of pyridine rings is 1. The smallest absolute Gasteiger partial charge is 0.257 e. The van der Waals surface area contributed by atoms with Gasteiger partial charge in [0.15, 0.2) is 0 Å². The molecule has 3 nitrogen and oxygen atoms in total. The van der Waals surface area contributed by atoms with E-state index in [-0.39, 0.29) is 5.91 Å². The summed E-state index contributed by atoms with van der Waals surface area (Å²) in [6, 6.07) is 20.8. The molecular weight excluding hydrogens is 435 g/mol. The Morgan fingerprint density at radius 3 is 2.63 bits per heavy atom. The number of anilines is 1. The Kier molecular flexibility index (Phi) is 6.28. The number of thioether (sulfide) groups is 1. The fraction of sp³-hybridized carbons (Fsp3) is 0.0833. The predicted molar refractivity (Wildman–Crippen MR) is 129 cm³/mol. The highest BCUT2D eigenvalue weighted by atomic mass is 35.5. The van der Waals surface area contributed by atoms with E-state index in [1.54, 1.807) is 36.2 Å². The van der Waals surface area contributed by atoms with Gasteiger partial charge in [-0.25, -0.2) is 0 Å². The minimum Gasteiger partial charge on any atom is -0.322 e. The van der Waals surface area contributed by atoms with Crippen LogP contribution in [0, 0.1) is 0 Å². The number of benzene rings is 3. The van der Waals surface area contributed by atoms with Gasteiger partial charge in [0.1, 0.15) is 0 Å². The van der Waals surface area contributed by atoms with Crippen molar-refractivity contribution in [3.63, 3.8) is 0 Å². The maximum atomic E-state index is 12.8. The topological polar surface area (TPSA) is 42.0 Å². The fourth-order valence-corrected chi connectivity index (χ4v) is 4.33. The summed E-state index contributed by atoms with van der Waals surface area (Å²) >= 11 is 14.5. The first kappa shape index (κ1) is 20.7. The van der Waals surface area contributed by atoms with Crippen molar-refractivity contribution in [1.82, 2.24) is 4.98 Å². The van der Waals surface area contributed by atoms with Crippen LogP contribution in [0.3, 0.4) is 0 Å². The van der Waals surface area contributed by atoms with Crippen molar-refractivity contribution in [2.75, 3.05) is 11.6 Å². The van der Waals surface area contributed by atoms with Gasteiger partial charge >= 0.3 is 0 Å². The summed E-state index contributed by atoms with van der Waals surface area (Å²) in [5.41, 5.74) is 3.67. The van der Waals surface area contributed by atoms with Gasteiger partial charge in [0.25, 0.3) is 5.91 Å². The zero-order chi connectivity index (χ0) is 21.1. The van der Waals surface area contributed by atoms with Crippen LogP contribution in [-0.2, 0) is 5.75 Å². The molecule has 30 heavy (non-hydrogen) atoms. The predicted octanol–water partition coefficient (Wildman–Crippen LogP) is 7.32. The first-order valence-corrected chi connectivity index (χ1v) is 11.4. The van der Waals surface area contributed by atoms with Gasteiger partial charge < -0.3 is 5.32 Å². The van der Waals surface area contributed by atoms with Crippen LogP contribution in [0.4, 0.5) is 5.69 Å². The van der Waals surface area contributed by atoms with Crippen molar-refractivity contribution in [3.8, 4) is 11.3 Å². The average molecular weight is 453 g/mol. The van der Waals surface area contributed by atoms with Gasteiger partial charge in [-0.3, -0.25) is 9.78 Å². The maximum Gasteiger partial charge on any atom is 0.257 e. The Labute approximate surface area is 189 Å². The van der Waals surface area contributed by atoms with Crippen molar-refractivity contribution < 1.29 is 4.79 Å². The zero-order valence-electron chi connectivity index (χ0n) is 16.2. The molecule has 4 aromatic rings. The van der Waals surface area contributed by atoms with Gasteiger partial charge in [0, 0.05) is 28.6 Å². The summed E-state index contributed by atoms with van der Waals surface area (Å²) in [5.74, 6) is 0.579. The SMILES string of the molecule is CSCc1ccc(C(=O)Nc2ccc(Cl)c(-c3nccc4ccccc34)c2)c(Cl)c1. The second-order valence-electron chi connectivity index (χ2n) is 6.78. The number of nitrogens with zero attached hydrogens (tertiary/aromatic N) is 1. The highest BCUT2D eigenvalue weighted by Crippen LogP contribution is 2.34. The number of halogens is 2. The fourth-order valence-electron chi connectivity index (χ4n) is 3.32. The molecule has 4 rings (SSSR count). The Bertz CT molecular complexity index is 1240. The van der Waals surface area contributed by atoms with E-state index in [1.165, 1.54) is 0 Å². The first-order valence-electron chi connectivity index (χ1n) is 9.29. The third-order valence-electron chi connectivity index (χ3n) is 4.74. The lowest BCUT2D eigenvalue weighted by Gasteiger charge is -2.12. The molecule has 0 atom stereocenters. The molecule has 0 aliphatic rings. The average Bonchev–Trinajstić information content (AvgIpc) is 2.75. The Hall–Kier alpha value is -2.53. The zero-order valence-corrected chi connectivity index (χ0v) is 18.5. The number of carbonyl (C=O) groups excluding carboxylic acids is 1. The molecule has 1 heterocycles. The second kappa shape index (κ2) is 9.09. The standard InChI is InChI=1S/C24H18Cl2N2OS/c1-30-14-15-6-8-19(22(26)12-15)24(29)28-17-7-9-21(25)20(13-17)23-18-5-3-2-4-16(18)10-11-27-23/h2-13H,14H2,1H3,(H,28,29). The normalized spacial score (nSPS) is 10.9. The van der Waals surface area contributed by atoms with Crippen LogP contribution in [-0.4, -0.2) is 17.1 Å². The quantitative estimate of drug-likeness (QED) is 0.344. The maximum absolute atomic E-state index is 12.8. The van der Waals surface area contributed by atoms with Crippen molar-refractivity contribution >= 4 is 57.3 Å². The van der Waals surface area contributed by atoms with Crippen LogP contribution >= 0.6 is 35.0 Å². The van der Waals surface area contributed by atoms with E-state index < -0.39 is 0 Å². The molecular formula is C24H18Cl2N2OS. The summed E-state index contributed by atoms with van der Waals surface area (Å²) in [4.78, 5) is 17.3. The molecule has 0 saturated carbocycles. The van der Waals surface area contributed by atoms with Gasteiger partial charge in [0.05, 0.1) is 21.3 Å². The third-order valence-corrected chi connectivity index (χ3v) is 6.01. The lowest BCUT2D eigenvalue weighted by atomic mass is 10.0. The molecule has 0 aliphatic heterocycles. The number of aromatic nitrogens is 1. The van der Waals surface area contributed by atoms with Gasteiger partial charge in [0.2, 0.25) is 0 Å². The number of rotatable bonds is 5. The molecule has 0 bridgehead atoms. The number of fused-ring (bicyclic) bond motifs is 1. The molecule has 6 heteroatoms. The molecule has 0 fully saturated rings. The molecule has 0 saturated heterocycles. The van der Waals surface area contributed by atoms with E-state index in [9.17, 15) is 4.79 Å². The Morgan fingerprint density at radius 1 is 1.00 bits per heavy atom. The molecule has 150 valence electrons. The van der Waals surface area contributed by atoms with E-state index >= 15 is 0 Å². The van der Waals surface area contributed by atoms with Gasteiger partial charge in [-0.1, -0.05) is 53.5 Å². The Morgan fingerprint density at radius 2 is 1.83 bits per heavy atom. The van der Waals surface area contributed by atoms with E-state index in [4.69, 9.17) is 23.2 Å². The number of nitrogens with one attached hydrogen (secondary N) is 1. The lowest BCUT2D eigenvalue weighted by molar-refractivity contribution is 0.102.